The van der Waals surface area contributed by atoms with Gasteiger partial charge in [0.1, 0.15) is 11.6 Å². The van der Waals surface area contributed by atoms with Crippen molar-refractivity contribution in [1.29, 1.82) is 0 Å². The van der Waals surface area contributed by atoms with Crippen LogP contribution in [-0.4, -0.2) is 10.9 Å². The summed E-state index contributed by atoms with van der Waals surface area (Å²) in [6.45, 7) is 8.70. The molecular weight excluding hydrogens is 386 g/mol. The number of pyridine rings is 1. The summed E-state index contributed by atoms with van der Waals surface area (Å²) in [5.74, 6) is 1.23. The summed E-state index contributed by atoms with van der Waals surface area (Å²) in [6, 6.07) is 21.7. The van der Waals surface area contributed by atoms with Gasteiger partial charge in [-0.15, -0.1) is 0 Å². The molecule has 31 heavy (non-hydrogen) atoms. The molecule has 0 aliphatic rings. The van der Waals surface area contributed by atoms with E-state index in [1.165, 1.54) is 16.7 Å². The lowest BCUT2D eigenvalue weighted by atomic mass is 9.85. The highest BCUT2D eigenvalue weighted by atomic mass is 16.4. The van der Waals surface area contributed by atoms with Crippen LogP contribution < -0.4 is 10.9 Å². The highest BCUT2D eigenvalue weighted by molar-refractivity contribution is 5.92. The lowest BCUT2D eigenvalue weighted by molar-refractivity contribution is 0.0933. The summed E-state index contributed by atoms with van der Waals surface area (Å²) >= 11 is 0. The van der Waals surface area contributed by atoms with Crippen LogP contribution in [0.25, 0.3) is 10.9 Å². The molecule has 0 radical (unpaired) electrons. The zero-order chi connectivity index (χ0) is 22.0. The predicted octanol–water partition coefficient (Wildman–Crippen LogP) is 5.78. The fraction of sp³-hybridized carbons (Fsp3) is 0.231. The Morgan fingerprint density at radius 2 is 1.81 bits per heavy atom. The van der Waals surface area contributed by atoms with Crippen LogP contribution in [0, 0.1) is 6.92 Å². The van der Waals surface area contributed by atoms with Crippen molar-refractivity contribution in [2.45, 2.75) is 39.5 Å². The van der Waals surface area contributed by atoms with Gasteiger partial charge in [-0.3, -0.25) is 15.6 Å². The maximum Gasteiger partial charge on any atom is 0.305 e. The number of nitrogens with zero attached hydrogens (tertiary/aromatic N) is 1. The van der Waals surface area contributed by atoms with Gasteiger partial charge in [-0.1, -0.05) is 57.2 Å². The quantitative estimate of drug-likeness (QED) is 0.407. The number of hydrazine groups is 1. The summed E-state index contributed by atoms with van der Waals surface area (Å²) in [4.78, 5) is 17.0. The number of anilines is 1. The second-order valence-electron chi connectivity index (χ2n) is 8.80. The van der Waals surface area contributed by atoms with Gasteiger partial charge in [0.2, 0.25) is 0 Å². The van der Waals surface area contributed by atoms with E-state index in [2.05, 4.69) is 61.7 Å². The van der Waals surface area contributed by atoms with Gasteiger partial charge in [0.05, 0.1) is 5.52 Å². The summed E-state index contributed by atoms with van der Waals surface area (Å²) in [5, 5.41) is 1.04. The molecule has 5 heteroatoms. The summed E-state index contributed by atoms with van der Waals surface area (Å²) in [6.07, 6.45) is 0.642. The molecule has 2 aromatic heterocycles. The van der Waals surface area contributed by atoms with Crippen LogP contribution >= 0.6 is 0 Å². The minimum atomic E-state index is -0.346. The van der Waals surface area contributed by atoms with Crippen molar-refractivity contribution in [3.05, 3.63) is 94.9 Å². The Balaban J connectivity index is 1.43. The average molecular weight is 414 g/mol. The molecule has 0 aliphatic heterocycles. The number of amides is 1. The van der Waals surface area contributed by atoms with Crippen LogP contribution in [0.2, 0.25) is 0 Å². The third-order valence-corrected chi connectivity index (χ3v) is 5.37. The number of rotatable bonds is 5. The first-order chi connectivity index (χ1) is 14.8. The van der Waals surface area contributed by atoms with Gasteiger partial charge in [0.25, 0.3) is 0 Å². The van der Waals surface area contributed by atoms with E-state index in [1.807, 2.05) is 42.5 Å². The molecule has 1 amide bonds. The second-order valence-corrected chi connectivity index (χ2v) is 8.80. The number of hydrogen-bond acceptors (Lipinski definition) is 4. The normalized spacial score (nSPS) is 11.5. The van der Waals surface area contributed by atoms with Gasteiger partial charge in [0, 0.05) is 11.8 Å². The molecule has 0 saturated heterocycles. The number of nitrogens with one attached hydrogen (secondary N) is 2. The Morgan fingerprint density at radius 1 is 1.00 bits per heavy atom. The van der Waals surface area contributed by atoms with E-state index >= 15 is 0 Å². The highest BCUT2D eigenvalue weighted by Gasteiger charge is 2.16. The number of para-hydroxylation sites is 1. The standard InChI is InChI=1S/C26H27N3O2/c1-17-9-11-20(26(2,3)4)15-19(17)16-21-12-13-23(31-21)25(30)29-28-24-14-10-18-7-5-6-8-22(18)27-24/h5-15H,16H2,1-4H3,(H,27,28)(H,29,30). The third-order valence-electron chi connectivity index (χ3n) is 5.37. The Morgan fingerprint density at radius 3 is 2.61 bits per heavy atom. The van der Waals surface area contributed by atoms with Crippen molar-refractivity contribution in [3.63, 3.8) is 0 Å². The summed E-state index contributed by atoms with van der Waals surface area (Å²) < 4.78 is 5.82. The van der Waals surface area contributed by atoms with Gasteiger partial charge in [-0.2, -0.15) is 0 Å². The maximum absolute atomic E-state index is 12.5. The minimum absolute atomic E-state index is 0.0825. The molecule has 0 bridgehead atoms. The fourth-order valence-electron chi connectivity index (χ4n) is 3.43. The molecule has 0 atom stereocenters. The van der Waals surface area contributed by atoms with Crippen LogP contribution in [0.4, 0.5) is 5.82 Å². The third kappa shape index (κ3) is 4.77. The molecule has 0 saturated carbocycles. The minimum Gasteiger partial charge on any atom is -0.456 e. The van der Waals surface area contributed by atoms with E-state index in [0.29, 0.717) is 12.2 Å². The van der Waals surface area contributed by atoms with Gasteiger partial charge in [-0.05, 0) is 59.4 Å². The Hall–Kier alpha value is -3.60. The fourth-order valence-corrected chi connectivity index (χ4v) is 3.43. The molecule has 0 aliphatic carbocycles. The SMILES string of the molecule is Cc1ccc(C(C)(C)C)cc1Cc1ccc(C(=O)NNc2ccc3ccccc3n2)o1. The van der Waals surface area contributed by atoms with Crippen molar-refractivity contribution >= 4 is 22.6 Å². The summed E-state index contributed by atoms with van der Waals surface area (Å²) in [5.41, 5.74) is 10.1. The number of furan rings is 1. The molecule has 2 N–H and O–H groups in total. The number of carbonyl (C=O) groups excluding carboxylic acids is 1. The largest absolute Gasteiger partial charge is 0.456 e. The predicted molar refractivity (Wildman–Crippen MR) is 124 cm³/mol. The van der Waals surface area contributed by atoms with E-state index < -0.39 is 0 Å². The zero-order valence-electron chi connectivity index (χ0n) is 18.3. The smallest absolute Gasteiger partial charge is 0.305 e. The summed E-state index contributed by atoms with van der Waals surface area (Å²) in [7, 11) is 0. The zero-order valence-corrected chi connectivity index (χ0v) is 18.3. The van der Waals surface area contributed by atoms with E-state index in [9.17, 15) is 4.79 Å². The van der Waals surface area contributed by atoms with Crippen LogP contribution in [0.5, 0.6) is 0 Å². The van der Waals surface area contributed by atoms with Crippen molar-refractivity contribution in [2.75, 3.05) is 5.43 Å². The monoisotopic (exact) mass is 413 g/mol. The Bertz CT molecular complexity index is 1230. The number of aryl methyl sites for hydroxylation is 1. The van der Waals surface area contributed by atoms with E-state index in [4.69, 9.17) is 4.42 Å². The number of hydrogen-bond donors (Lipinski definition) is 2. The maximum atomic E-state index is 12.5. The van der Waals surface area contributed by atoms with Crippen molar-refractivity contribution in [1.82, 2.24) is 10.4 Å². The molecular formula is C26H27N3O2. The first-order valence-corrected chi connectivity index (χ1v) is 10.4. The van der Waals surface area contributed by atoms with E-state index in [-0.39, 0.29) is 17.1 Å². The van der Waals surface area contributed by atoms with Crippen molar-refractivity contribution in [3.8, 4) is 0 Å². The van der Waals surface area contributed by atoms with Crippen LogP contribution in [0.1, 0.15) is 53.8 Å². The topological polar surface area (TPSA) is 67.2 Å². The van der Waals surface area contributed by atoms with E-state index in [1.54, 1.807) is 6.07 Å². The van der Waals surface area contributed by atoms with Crippen LogP contribution in [0.3, 0.4) is 0 Å². The molecule has 0 fully saturated rings. The molecule has 4 aromatic rings. The number of benzene rings is 2. The molecule has 0 unspecified atom stereocenters. The average Bonchev–Trinajstić information content (AvgIpc) is 3.21. The second kappa shape index (κ2) is 8.26. The molecule has 2 heterocycles. The van der Waals surface area contributed by atoms with Crippen LogP contribution in [0.15, 0.2) is 71.1 Å². The molecule has 4 rings (SSSR count). The first-order valence-electron chi connectivity index (χ1n) is 10.4. The van der Waals surface area contributed by atoms with Crippen molar-refractivity contribution in [2.24, 2.45) is 0 Å². The number of aromatic nitrogens is 1. The lowest BCUT2D eigenvalue weighted by Crippen LogP contribution is -2.29. The Labute approximate surface area is 182 Å². The highest BCUT2D eigenvalue weighted by Crippen LogP contribution is 2.26. The number of carbonyl (C=O) groups is 1. The molecule has 5 nitrogen and oxygen atoms in total. The van der Waals surface area contributed by atoms with Crippen LogP contribution in [-0.2, 0) is 11.8 Å². The number of fused-ring (bicyclic) bond motifs is 1. The first kappa shape index (κ1) is 20.7. The lowest BCUT2D eigenvalue weighted by Gasteiger charge is -2.20. The molecule has 2 aromatic carbocycles. The van der Waals surface area contributed by atoms with Gasteiger partial charge < -0.3 is 4.42 Å². The molecule has 158 valence electrons. The van der Waals surface area contributed by atoms with Gasteiger partial charge >= 0.3 is 5.91 Å². The van der Waals surface area contributed by atoms with Gasteiger partial charge in [0.15, 0.2) is 5.76 Å². The Kier molecular flexibility index (Phi) is 5.51. The molecule has 0 spiro atoms. The van der Waals surface area contributed by atoms with Crippen molar-refractivity contribution < 1.29 is 9.21 Å². The van der Waals surface area contributed by atoms with Gasteiger partial charge in [-0.25, -0.2) is 4.98 Å². The van der Waals surface area contributed by atoms with E-state index in [0.717, 1.165) is 16.7 Å².